The van der Waals surface area contributed by atoms with E-state index in [1.165, 1.54) is 0 Å². The van der Waals surface area contributed by atoms with Crippen molar-refractivity contribution in [1.29, 1.82) is 0 Å². The van der Waals surface area contributed by atoms with Gasteiger partial charge in [-0.25, -0.2) is 4.52 Å². The lowest BCUT2D eigenvalue weighted by Crippen LogP contribution is -1.98. The van der Waals surface area contributed by atoms with E-state index in [0.717, 1.165) is 21.1 Å². The Bertz CT molecular complexity index is 661. The largest absolute Gasteiger partial charge is 0.383 e. The molecule has 0 fully saturated rings. The van der Waals surface area contributed by atoms with Gasteiger partial charge < -0.3 is 5.11 Å². The number of nitrogens with zero attached hydrogens (tertiary/aromatic N) is 2. The molecule has 0 saturated heterocycles. The molecular formula is C12H9BrN2OS. The first-order valence-corrected chi connectivity index (χ1v) is 6.83. The zero-order valence-corrected chi connectivity index (χ0v) is 11.1. The molecule has 5 heteroatoms. The molecule has 3 heterocycles. The molecule has 0 saturated carbocycles. The van der Waals surface area contributed by atoms with Crippen LogP contribution in [0.3, 0.4) is 0 Å². The highest BCUT2D eigenvalue weighted by molar-refractivity contribution is 9.10. The highest BCUT2D eigenvalue weighted by Gasteiger charge is 2.18. The Morgan fingerprint density at radius 2 is 2.18 bits per heavy atom. The van der Waals surface area contributed by atoms with E-state index in [1.807, 2.05) is 35.2 Å². The van der Waals surface area contributed by atoms with E-state index in [-0.39, 0.29) is 0 Å². The number of thiophene rings is 1. The minimum atomic E-state index is -0.643. The predicted molar refractivity (Wildman–Crippen MR) is 71.3 cm³/mol. The number of rotatable bonds is 2. The molecular weight excluding hydrogens is 300 g/mol. The Morgan fingerprint density at radius 3 is 2.94 bits per heavy atom. The second-order valence-corrected chi connectivity index (χ2v) is 5.31. The lowest BCUT2D eigenvalue weighted by Gasteiger charge is -2.08. The molecule has 3 rings (SSSR count). The molecule has 3 aromatic heterocycles. The van der Waals surface area contributed by atoms with E-state index in [9.17, 15) is 5.11 Å². The summed E-state index contributed by atoms with van der Waals surface area (Å²) in [5, 5.41) is 18.5. The van der Waals surface area contributed by atoms with Crippen LogP contribution >= 0.6 is 27.3 Å². The number of aliphatic hydroxyl groups is 1. The van der Waals surface area contributed by atoms with E-state index in [2.05, 4.69) is 21.0 Å². The molecule has 17 heavy (non-hydrogen) atoms. The number of halogens is 1. The van der Waals surface area contributed by atoms with E-state index in [4.69, 9.17) is 0 Å². The normalized spacial score (nSPS) is 13.1. The first-order chi connectivity index (χ1) is 8.27. The van der Waals surface area contributed by atoms with Gasteiger partial charge in [0.05, 0.1) is 11.7 Å². The predicted octanol–water partition coefficient (Wildman–Crippen LogP) is 3.24. The number of pyridine rings is 1. The summed E-state index contributed by atoms with van der Waals surface area (Å²) in [6.07, 6.45) is 2.94. The molecule has 0 aliphatic carbocycles. The molecule has 0 spiro atoms. The van der Waals surface area contributed by atoms with Gasteiger partial charge in [-0.1, -0.05) is 6.07 Å². The summed E-state index contributed by atoms with van der Waals surface area (Å²) in [5.41, 5.74) is 2.64. The highest BCUT2D eigenvalue weighted by Crippen LogP contribution is 2.32. The van der Waals surface area contributed by atoms with Gasteiger partial charge in [-0.15, -0.1) is 0 Å². The van der Waals surface area contributed by atoms with E-state index < -0.39 is 6.10 Å². The minimum Gasteiger partial charge on any atom is -0.383 e. The molecule has 0 radical (unpaired) electrons. The van der Waals surface area contributed by atoms with Gasteiger partial charge in [0.1, 0.15) is 6.10 Å². The lowest BCUT2D eigenvalue weighted by molar-refractivity contribution is 0.221. The van der Waals surface area contributed by atoms with Crippen molar-refractivity contribution in [3.8, 4) is 0 Å². The van der Waals surface area contributed by atoms with Crippen LogP contribution in [0.15, 0.2) is 45.8 Å². The Morgan fingerprint density at radius 1 is 1.29 bits per heavy atom. The number of hydrogen-bond acceptors (Lipinski definition) is 3. The molecule has 1 atom stereocenters. The minimum absolute atomic E-state index is 0.643. The zero-order valence-electron chi connectivity index (χ0n) is 8.75. The molecule has 1 N–H and O–H groups in total. The van der Waals surface area contributed by atoms with Crippen LogP contribution in [0.5, 0.6) is 0 Å². The van der Waals surface area contributed by atoms with Gasteiger partial charge in [0.2, 0.25) is 0 Å². The molecule has 0 bridgehead atoms. The molecule has 3 aromatic rings. The van der Waals surface area contributed by atoms with Crippen molar-refractivity contribution in [3.05, 3.63) is 57.0 Å². The first kappa shape index (κ1) is 11.0. The third kappa shape index (κ3) is 1.80. The van der Waals surface area contributed by atoms with Crippen LogP contribution in [-0.2, 0) is 0 Å². The second-order valence-electron chi connectivity index (χ2n) is 3.71. The monoisotopic (exact) mass is 308 g/mol. The second kappa shape index (κ2) is 4.25. The lowest BCUT2D eigenvalue weighted by atomic mass is 10.1. The molecule has 0 amide bonds. The SMILES string of the molecule is OC(c1cscc1Br)c1cnn2ccccc12. The van der Waals surface area contributed by atoms with Crippen molar-refractivity contribution in [3.63, 3.8) is 0 Å². The Kier molecular flexibility index (Phi) is 2.74. The van der Waals surface area contributed by atoms with Crippen molar-refractivity contribution in [2.45, 2.75) is 6.10 Å². The third-order valence-electron chi connectivity index (χ3n) is 2.69. The van der Waals surface area contributed by atoms with Crippen LogP contribution in [0, 0.1) is 0 Å². The van der Waals surface area contributed by atoms with Crippen LogP contribution in [-0.4, -0.2) is 14.7 Å². The van der Waals surface area contributed by atoms with Crippen molar-refractivity contribution < 1.29 is 5.11 Å². The van der Waals surface area contributed by atoms with Crippen LogP contribution in [0.25, 0.3) is 5.52 Å². The average Bonchev–Trinajstić information content (AvgIpc) is 2.94. The molecule has 1 unspecified atom stereocenters. The third-order valence-corrected chi connectivity index (χ3v) is 4.44. The molecule has 86 valence electrons. The van der Waals surface area contributed by atoms with E-state index >= 15 is 0 Å². The number of aliphatic hydroxyl groups excluding tert-OH is 1. The van der Waals surface area contributed by atoms with Gasteiger partial charge in [0.25, 0.3) is 0 Å². The highest BCUT2D eigenvalue weighted by atomic mass is 79.9. The van der Waals surface area contributed by atoms with Crippen LogP contribution in [0.4, 0.5) is 0 Å². The summed E-state index contributed by atoms with van der Waals surface area (Å²) in [4.78, 5) is 0. The molecule has 3 nitrogen and oxygen atoms in total. The van der Waals surface area contributed by atoms with E-state index in [0.29, 0.717) is 0 Å². The topological polar surface area (TPSA) is 37.5 Å². The van der Waals surface area contributed by atoms with Gasteiger partial charge in [0.15, 0.2) is 0 Å². The molecule has 0 aromatic carbocycles. The zero-order chi connectivity index (χ0) is 11.8. The fourth-order valence-corrected chi connectivity index (χ4v) is 3.35. The smallest absolute Gasteiger partial charge is 0.110 e. The van der Waals surface area contributed by atoms with Gasteiger partial charge >= 0.3 is 0 Å². The van der Waals surface area contributed by atoms with Gasteiger partial charge in [0, 0.05) is 27.2 Å². The van der Waals surface area contributed by atoms with Crippen molar-refractivity contribution in [2.75, 3.05) is 0 Å². The summed E-state index contributed by atoms with van der Waals surface area (Å²) in [6, 6.07) is 5.80. The Hall–Kier alpha value is -1.17. The Labute approximate surface area is 110 Å². The number of aromatic nitrogens is 2. The maximum Gasteiger partial charge on any atom is 0.110 e. The van der Waals surface area contributed by atoms with Gasteiger partial charge in [-0.05, 0) is 33.4 Å². The number of hydrogen-bond donors (Lipinski definition) is 1. The van der Waals surface area contributed by atoms with Crippen LogP contribution in [0.2, 0.25) is 0 Å². The quantitative estimate of drug-likeness (QED) is 0.789. The maximum absolute atomic E-state index is 10.4. The summed E-state index contributed by atoms with van der Waals surface area (Å²) < 4.78 is 2.70. The fraction of sp³-hybridized carbons (Fsp3) is 0.0833. The van der Waals surface area contributed by atoms with Crippen LogP contribution in [0.1, 0.15) is 17.2 Å². The van der Waals surface area contributed by atoms with Gasteiger partial charge in [-0.2, -0.15) is 16.4 Å². The summed E-state index contributed by atoms with van der Waals surface area (Å²) in [7, 11) is 0. The van der Waals surface area contributed by atoms with Crippen LogP contribution < -0.4 is 0 Å². The molecule has 0 aliphatic heterocycles. The molecule has 0 aliphatic rings. The average molecular weight is 309 g/mol. The summed E-state index contributed by atoms with van der Waals surface area (Å²) in [6.45, 7) is 0. The van der Waals surface area contributed by atoms with Crippen molar-refractivity contribution in [1.82, 2.24) is 9.61 Å². The summed E-state index contributed by atoms with van der Waals surface area (Å²) >= 11 is 5.00. The fourth-order valence-electron chi connectivity index (χ4n) is 1.82. The van der Waals surface area contributed by atoms with Crippen molar-refractivity contribution >= 4 is 32.8 Å². The van der Waals surface area contributed by atoms with Crippen molar-refractivity contribution in [2.24, 2.45) is 0 Å². The van der Waals surface area contributed by atoms with Gasteiger partial charge in [-0.3, -0.25) is 0 Å². The standard InChI is InChI=1S/C12H9BrN2OS/c13-10-7-17-6-9(10)12(16)8-5-14-15-4-2-1-3-11(8)15/h1-7,12,16H. The maximum atomic E-state index is 10.4. The Balaban J connectivity index is 2.13. The summed E-state index contributed by atoms with van der Waals surface area (Å²) in [5.74, 6) is 0. The van der Waals surface area contributed by atoms with E-state index in [1.54, 1.807) is 22.0 Å². The first-order valence-electron chi connectivity index (χ1n) is 5.09. The number of fused-ring (bicyclic) bond motifs is 1.